The molecular weight excluding hydrogens is 518 g/mol. The standard InChI is InChI=1S/C36H25N5O/c1-3-14-30(29(13-1)36-39-31-15-4-5-16-32(31)40-36)38-24-10-9-11-25(22-24)42-26-19-20-28-27-12-2-6-17-33(27)41(34(28)23-26)35-18-7-8-21-37-35/h1-23,38H,(H,39,40). The third-order valence-corrected chi connectivity index (χ3v) is 7.44. The van der Waals surface area contributed by atoms with Crippen LogP contribution in [0.4, 0.5) is 11.4 Å². The van der Waals surface area contributed by atoms with Gasteiger partial charge in [-0.25, -0.2) is 9.97 Å². The lowest BCUT2D eigenvalue weighted by Crippen LogP contribution is -1.96. The Morgan fingerprint density at radius 3 is 2.38 bits per heavy atom. The molecule has 0 bridgehead atoms. The SMILES string of the molecule is c1ccc(-n2c3ccccc3c3ccc(Oc4cccc(Nc5ccccc5-c5nc6ccccc6[nH]5)c4)cc32)nc1. The van der Waals surface area contributed by atoms with E-state index in [0.29, 0.717) is 0 Å². The van der Waals surface area contributed by atoms with Crippen LogP contribution in [0, 0.1) is 0 Å². The van der Waals surface area contributed by atoms with E-state index in [1.807, 2.05) is 91.1 Å². The zero-order valence-electron chi connectivity index (χ0n) is 22.5. The fraction of sp³-hybridized carbons (Fsp3) is 0. The third kappa shape index (κ3) is 4.22. The molecule has 6 heteroatoms. The van der Waals surface area contributed by atoms with Crippen molar-refractivity contribution in [3.63, 3.8) is 0 Å². The molecule has 200 valence electrons. The molecule has 0 amide bonds. The Morgan fingerprint density at radius 2 is 1.45 bits per heavy atom. The van der Waals surface area contributed by atoms with Crippen molar-refractivity contribution in [2.24, 2.45) is 0 Å². The molecule has 2 N–H and O–H groups in total. The van der Waals surface area contributed by atoms with E-state index in [4.69, 9.17) is 9.72 Å². The average molecular weight is 544 g/mol. The van der Waals surface area contributed by atoms with Crippen molar-refractivity contribution in [2.75, 3.05) is 5.32 Å². The predicted octanol–water partition coefficient (Wildman–Crippen LogP) is 9.26. The number of pyridine rings is 1. The third-order valence-electron chi connectivity index (χ3n) is 7.44. The smallest absolute Gasteiger partial charge is 0.140 e. The van der Waals surface area contributed by atoms with Crippen LogP contribution in [0.3, 0.4) is 0 Å². The minimum atomic E-state index is 0.737. The molecule has 0 saturated carbocycles. The monoisotopic (exact) mass is 543 g/mol. The minimum Gasteiger partial charge on any atom is -0.457 e. The Morgan fingerprint density at radius 1 is 0.643 bits per heavy atom. The van der Waals surface area contributed by atoms with Gasteiger partial charge >= 0.3 is 0 Å². The maximum atomic E-state index is 6.41. The normalized spacial score (nSPS) is 11.3. The van der Waals surface area contributed by atoms with Crippen LogP contribution in [0.5, 0.6) is 11.5 Å². The Balaban J connectivity index is 1.13. The number of aromatic amines is 1. The van der Waals surface area contributed by atoms with Crippen LogP contribution < -0.4 is 10.1 Å². The molecule has 0 aliphatic carbocycles. The van der Waals surface area contributed by atoms with Gasteiger partial charge in [0.25, 0.3) is 0 Å². The van der Waals surface area contributed by atoms with Gasteiger partial charge in [0.15, 0.2) is 0 Å². The summed E-state index contributed by atoms with van der Waals surface area (Å²) in [6, 6.07) is 44.8. The van der Waals surface area contributed by atoms with Gasteiger partial charge in [-0.3, -0.25) is 4.57 Å². The number of benzene rings is 5. The Hall–Kier alpha value is -5.88. The second-order valence-electron chi connectivity index (χ2n) is 10.1. The topological polar surface area (TPSA) is 67.8 Å². The number of ether oxygens (including phenoxy) is 1. The van der Waals surface area contributed by atoms with Crippen LogP contribution in [-0.2, 0) is 0 Å². The molecule has 0 radical (unpaired) electrons. The lowest BCUT2D eigenvalue weighted by Gasteiger charge is -2.13. The molecule has 8 rings (SSSR count). The van der Waals surface area contributed by atoms with Gasteiger partial charge < -0.3 is 15.0 Å². The summed E-state index contributed by atoms with van der Waals surface area (Å²) in [6.45, 7) is 0. The summed E-state index contributed by atoms with van der Waals surface area (Å²) in [5, 5.41) is 5.90. The average Bonchev–Trinajstić information content (AvgIpc) is 3.61. The van der Waals surface area contributed by atoms with Gasteiger partial charge in [-0.15, -0.1) is 0 Å². The first-order chi connectivity index (χ1) is 20.8. The van der Waals surface area contributed by atoms with E-state index in [0.717, 1.165) is 67.5 Å². The zero-order valence-corrected chi connectivity index (χ0v) is 22.5. The molecule has 0 saturated heterocycles. The maximum absolute atomic E-state index is 6.41. The van der Waals surface area contributed by atoms with Gasteiger partial charge in [-0.1, -0.05) is 54.6 Å². The van der Waals surface area contributed by atoms with E-state index in [1.54, 1.807) is 0 Å². The van der Waals surface area contributed by atoms with Crippen molar-refractivity contribution in [2.45, 2.75) is 0 Å². The van der Waals surface area contributed by atoms with Gasteiger partial charge in [0.05, 0.1) is 22.1 Å². The summed E-state index contributed by atoms with van der Waals surface area (Å²) < 4.78 is 8.60. The number of nitrogens with zero attached hydrogens (tertiary/aromatic N) is 3. The van der Waals surface area contributed by atoms with Crippen molar-refractivity contribution >= 4 is 44.2 Å². The van der Waals surface area contributed by atoms with Crippen LogP contribution in [0.25, 0.3) is 50.0 Å². The highest BCUT2D eigenvalue weighted by Gasteiger charge is 2.14. The number of imidazole rings is 1. The first-order valence-electron chi connectivity index (χ1n) is 13.8. The van der Waals surface area contributed by atoms with E-state index in [2.05, 4.69) is 68.4 Å². The summed E-state index contributed by atoms with van der Waals surface area (Å²) >= 11 is 0. The first kappa shape index (κ1) is 24.0. The molecule has 3 aromatic heterocycles. The van der Waals surface area contributed by atoms with Gasteiger partial charge in [-0.2, -0.15) is 0 Å². The number of rotatable bonds is 6. The highest BCUT2D eigenvalue weighted by atomic mass is 16.5. The number of para-hydroxylation sites is 4. The molecule has 0 aliphatic heterocycles. The highest BCUT2D eigenvalue weighted by Crippen LogP contribution is 2.36. The number of hydrogen-bond donors (Lipinski definition) is 2. The lowest BCUT2D eigenvalue weighted by molar-refractivity contribution is 0.483. The molecule has 8 aromatic rings. The second kappa shape index (κ2) is 9.94. The van der Waals surface area contributed by atoms with Crippen LogP contribution in [0.2, 0.25) is 0 Å². The molecule has 5 aromatic carbocycles. The summed E-state index contributed by atoms with van der Waals surface area (Å²) in [6.07, 6.45) is 1.82. The highest BCUT2D eigenvalue weighted by molar-refractivity contribution is 6.09. The molecule has 3 heterocycles. The van der Waals surface area contributed by atoms with Gasteiger partial charge in [0.1, 0.15) is 23.1 Å². The molecule has 42 heavy (non-hydrogen) atoms. The van der Waals surface area contributed by atoms with E-state index in [1.165, 1.54) is 5.39 Å². The fourth-order valence-electron chi connectivity index (χ4n) is 5.55. The van der Waals surface area contributed by atoms with Crippen molar-refractivity contribution in [1.29, 1.82) is 0 Å². The molecule has 6 nitrogen and oxygen atoms in total. The minimum absolute atomic E-state index is 0.737. The summed E-state index contributed by atoms with van der Waals surface area (Å²) in [4.78, 5) is 12.9. The Kier molecular flexibility index (Phi) is 5.67. The van der Waals surface area contributed by atoms with Gasteiger partial charge in [0.2, 0.25) is 0 Å². The van der Waals surface area contributed by atoms with Gasteiger partial charge in [0, 0.05) is 46.0 Å². The number of aromatic nitrogens is 4. The Bertz CT molecular complexity index is 2180. The van der Waals surface area contributed by atoms with E-state index in [-0.39, 0.29) is 0 Å². The van der Waals surface area contributed by atoms with Gasteiger partial charge in [-0.05, 0) is 66.7 Å². The molecule has 0 spiro atoms. The maximum Gasteiger partial charge on any atom is 0.140 e. The Labute approximate surface area is 241 Å². The summed E-state index contributed by atoms with van der Waals surface area (Å²) in [5.41, 5.74) is 6.97. The summed E-state index contributed by atoms with van der Waals surface area (Å²) in [5.74, 6) is 3.18. The largest absolute Gasteiger partial charge is 0.457 e. The number of hydrogen-bond acceptors (Lipinski definition) is 4. The van der Waals surface area contributed by atoms with E-state index < -0.39 is 0 Å². The second-order valence-corrected chi connectivity index (χ2v) is 10.1. The van der Waals surface area contributed by atoms with Crippen molar-refractivity contribution in [3.05, 3.63) is 140 Å². The number of H-pyrrole nitrogens is 1. The first-order valence-corrected chi connectivity index (χ1v) is 13.8. The number of nitrogens with one attached hydrogen (secondary N) is 2. The van der Waals surface area contributed by atoms with Crippen LogP contribution in [0.1, 0.15) is 0 Å². The number of fused-ring (bicyclic) bond motifs is 4. The number of anilines is 2. The molecular formula is C36H25N5O. The molecule has 0 unspecified atom stereocenters. The van der Waals surface area contributed by atoms with Crippen molar-refractivity contribution in [3.8, 4) is 28.7 Å². The predicted molar refractivity (Wildman–Crippen MR) is 170 cm³/mol. The fourth-order valence-corrected chi connectivity index (χ4v) is 5.55. The van der Waals surface area contributed by atoms with Crippen LogP contribution in [0.15, 0.2) is 140 Å². The molecule has 0 aliphatic rings. The molecule has 0 atom stereocenters. The van der Waals surface area contributed by atoms with E-state index >= 15 is 0 Å². The summed E-state index contributed by atoms with van der Waals surface area (Å²) in [7, 11) is 0. The quantitative estimate of drug-likeness (QED) is 0.219. The van der Waals surface area contributed by atoms with Crippen molar-refractivity contribution in [1.82, 2.24) is 19.5 Å². The zero-order chi connectivity index (χ0) is 27.9. The van der Waals surface area contributed by atoms with E-state index in [9.17, 15) is 0 Å². The van der Waals surface area contributed by atoms with Crippen LogP contribution in [-0.4, -0.2) is 19.5 Å². The van der Waals surface area contributed by atoms with Crippen LogP contribution >= 0.6 is 0 Å². The van der Waals surface area contributed by atoms with Crippen molar-refractivity contribution < 1.29 is 4.74 Å². The lowest BCUT2D eigenvalue weighted by atomic mass is 10.1. The molecule has 0 fully saturated rings.